The maximum atomic E-state index is 8.79. The Morgan fingerprint density at radius 2 is 1.08 bits per heavy atom. The molecule has 128 valence electrons. The second-order valence-corrected chi connectivity index (χ2v) is 5.11. The second kappa shape index (κ2) is 10.5. The average Bonchev–Trinajstić information content (AvgIpc) is 2.67. The van der Waals surface area contributed by atoms with Gasteiger partial charge in [-0.2, -0.15) is 0 Å². The Balaban J connectivity index is 1.98. The number of benzene rings is 2. The van der Waals surface area contributed by atoms with Gasteiger partial charge in [-0.1, -0.05) is 71.0 Å². The lowest BCUT2D eigenvalue weighted by Gasteiger charge is -2.02. The van der Waals surface area contributed by atoms with Crippen molar-refractivity contribution in [3.05, 3.63) is 71.8 Å². The predicted octanol–water partition coefficient (Wildman–Crippen LogP) is 3.28. The monoisotopic (exact) mass is 336 g/mol. The maximum absolute atomic E-state index is 8.79. The summed E-state index contributed by atoms with van der Waals surface area (Å²) in [4.78, 5) is 8.91. The number of aliphatic imine (C=N–C) groups is 2. The van der Waals surface area contributed by atoms with E-state index in [0.717, 1.165) is 11.1 Å². The normalized spacial score (nSPS) is 13.0. The Morgan fingerprint density at radius 1 is 0.680 bits per heavy atom. The molecule has 0 fully saturated rings. The molecule has 0 heterocycles. The topological polar surface area (TPSA) is 89.9 Å². The van der Waals surface area contributed by atoms with Crippen LogP contribution in [0, 0.1) is 0 Å². The number of hydrogen-bond donors (Lipinski definition) is 2. The number of oxime groups is 2. The van der Waals surface area contributed by atoms with Gasteiger partial charge in [0.2, 0.25) is 0 Å². The highest BCUT2D eigenvalue weighted by Gasteiger charge is 2.01. The number of hydrogen-bond acceptors (Lipinski definition) is 6. The fourth-order valence-corrected chi connectivity index (χ4v) is 2.21. The summed E-state index contributed by atoms with van der Waals surface area (Å²) < 4.78 is 0. The highest BCUT2D eigenvalue weighted by molar-refractivity contribution is 6.38. The van der Waals surface area contributed by atoms with Crippen molar-refractivity contribution >= 4 is 23.9 Å². The summed E-state index contributed by atoms with van der Waals surface area (Å²) in [7, 11) is 0. The second-order valence-electron chi connectivity index (χ2n) is 5.11. The minimum absolute atomic E-state index is 0.540. The third-order valence-electron chi connectivity index (χ3n) is 3.38. The van der Waals surface area contributed by atoms with Gasteiger partial charge in [-0.05, 0) is 6.42 Å². The van der Waals surface area contributed by atoms with E-state index >= 15 is 0 Å². The minimum atomic E-state index is 0.540. The molecular formula is C19H20N4O2. The third-order valence-corrected chi connectivity index (χ3v) is 3.38. The third kappa shape index (κ3) is 6.02. The van der Waals surface area contributed by atoms with Crippen LogP contribution in [0.5, 0.6) is 0 Å². The zero-order valence-electron chi connectivity index (χ0n) is 13.7. The van der Waals surface area contributed by atoms with Crippen LogP contribution in [0.25, 0.3) is 0 Å². The molecule has 0 aliphatic carbocycles. The van der Waals surface area contributed by atoms with Gasteiger partial charge in [0.25, 0.3) is 0 Å². The van der Waals surface area contributed by atoms with Crippen molar-refractivity contribution < 1.29 is 10.4 Å². The molecule has 0 saturated heterocycles. The molecule has 0 amide bonds. The largest absolute Gasteiger partial charge is 0.411 e. The molecular weight excluding hydrogens is 316 g/mol. The van der Waals surface area contributed by atoms with Crippen LogP contribution in [0.2, 0.25) is 0 Å². The molecule has 0 saturated carbocycles. The summed E-state index contributed by atoms with van der Waals surface area (Å²) in [6.45, 7) is 1.08. The van der Waals surface area contributed by atoms with E-state index in [-0.39, 0.29) is 0 Å². The summed E-state index contributed by atoms with van der Waals surface area (Å²) in [5, 5.41) is 23.7. The van der Waals surface area contributed by atoms with E-state index in [1.54, 1.807) is 0 Å². The molecule has 6 heteroatoms. The Hall–Kier alpha value is -3.28. The molecule has 0 aliphatic rings. The first-order valence-corrected chi connectivity index (χ1v) is 7.89. The van der Waals surface area contributed by atoms with Crippen molar-refractivity contribution in [1.29, 1.82) is 0 Å². The summed E-state index contributed by atoms with van der Waals surface area (Å²) in [5.74, 6) is 0. The number of rotatable bonds is 8. The fourth-order valence-electron chi connectivity index (χ4n) is 2.21. The van der Waals surface area contributed by atoms with Gasteiger partial charge in [-0.15, -0.1) is 0 Å². The van der Waals surface area contributed by atoms with Crippen LogP contribution in [0.15, 0.2) is 81.0 Å². The molecule has 0 aliphatic heterocycles. The molecule has 0 spiro atoms. The van der Waals surface area contributed by atoms with Crippen LogP contribution in [-0.2, 0) is 0 Å². The molecule has 0 radical (unpaired) electrons. The van der Waals surface area contributed by atoms with Crippen molar-refractivity contribution in [2.75, 3.05) is 13.1 Å². The van der Waals surface area contributed by atoms with Gasteiger partial charge in [0.05, 0.1) is 23.9 Å². The van der Waals surface area contributed by atoms with E-state index < -0.39 is 0 Å². The van der Waals surface area contributed by atoms with Gasteiger partial charge in [0, 0.05) is 24.2 Å². The van der Waals surface area contributed by atoms with Gasteiger partial charge in [-0.25, -0.2) is 0 Å². The van der Waals surface area contributed by atoms with E-state index in [4.69, 9.17) is 10.4 Å². The predicted molar refractivity (Wildman–Crippen MR) is 101 cm³/mol. The molecule has 6 nitrogen and oxygen atoms in total. The van der Waals surface area contributed by atoms with Gasteiger partial charge in [-0.3, -0.25) is 9.98 Å². The highest BCUT2D eigenvalue weighted by Crippen LogP contribution is 2.02. The summed E-state index contributed by atoms with van der Waals surface area (Å²) >= 11 is 0. The molecule has 2 N–H and O–H groups in total. The van der Waals surface area contributed by atoms with Crippen LogP contribution in [0.3, 0.4) is 0 Å². The van der Waals surface area contributed by atoms with Crippen molar-refractivity contribution in [2.45, 2.75) is 6.42 Å². The standard InChI is InChI=1S/C19H20N4O2/c24-22-14-18(16-8-3-1-4-9-16)20-12-7-13-21-19(15-23-25)17-10-5-2-6-11-17/h1-6,8-11,14-15,24-25H,7,12-13H2. The lowest BCUT2D eigenvalue weighted by atomic mass is 10.1. The highest BCUT2D eigenvalue weighted by atomic mass is 16.4. The number of nitrogens with zero attached hydrogens (tertiary/aromatic N) is 4. The van der Waals surface area contributed by atoms with E-state index in [0.29, 0.717) is 30.9 Å². The van der Waals surface area contributed by atoms with Crippen LogP contribution in [0.1, 0.15) is 17.5 Å². The lowest BCUT2D eigenvalue weighted by Crippen LogP contribution is -2.06. The van der Waals surface area contributed by atoms with Crippen molar-refractivity contribution in [1.82, 2.24) is 0 Å². The van der Waals surface area contributed by atoms with Crippen LogP contribution in [0.4, 0.5) is 0 Å². The molecule has 2 aromatic rings. The molecule has 0 atom stereocenters. The first-order valence-electron chi connectivity index (χ1n) is 7.89. The fraction of sp³-hybridized carbons (Fsp3) is 0.158. The van der Waals surface area contributed by atoms with Crippen molar-refractivity contribution in [2.24, 2.45) is 20.3 Å². The van der Waals surface area contributed by atoms with Crippen LogP contribution in [-0.4, -0.2) is 47.4 Å². The molecule has 25 heavy (non-hydrogen) atoms. The van der Waals surface area contributed by atoms with Crippen LogP contribution >= 0.6 is 0 Å². The van der Waals surface area contributed by atoms with E-state index in [2.05, 4.69) is 20.3 Å². The van der Waals surface area contributed by atoms with Gasteiger partial charge >= 0.3 is 0 Å². The summed E-state index contributed by atoms with van der Waals surface area (Å²) in [6, 6.07) is 19.1. The molecule has 2 rings (SSSR count). The SMILES string of the molecule is ON=CC(=NCCCN=C(C=NO)c1ccccc1)c1ccccc1. The van der Waals surface area contributed by atoms with E-state index in [1.807, 2.05) is 60.7 Å². The smallest absolute Gasteiger partial charge is 0.0919 e. The molecule has 0 unspecified atom stereocenters. The molecule has 2 aromatic carbocycles. The Labute approximate surface area is 146 Å². The molecule has 0 bridgehead atoms. The van der Waals surface area contributed by atoms with Crippen molar-refractivity contribution in [3.8, 4) is 0 Å². The first kappa shape index (κ1) is 18.1. The zero-order chi connectivity index (χ0) is 17.7. The van der Waals surface area contributed by atoms with Crippen LogP contribution < -0.4 is 0 Å². The Bertz CT molecular complexity index is 688. The van der Waals surface area contributed by atoms with E-state index in [9.17, 15) is 0 Å². The molecule has 0 aromatic heterocycles. The quantitative estimate of drug-likeness (QED) is 0.335. The lowest BCUT2D eigenvalue weighted by molar-refractivity contribution is 0.322. The Morgan fingerprint density at radius 3 is 1.44 bits per heavy atom. The minimum Gasteiger partial charge on any atom is -0.411 e. The first-order chi connectivity index (χ1) is 12.3. The Kier molecular flexibility index (Phi) is 7.58. The van der Waals surface area contributed by atoms with Crippen molar-refractivity contribution in [3.63, 3.8) is 0 Å². The summed E-state index contributed by atoms with van der Waals surface area (Å²) in [6.07, 6.45) is 3.37. The van der Waals surface area contributed by atoms with Gasteiger partial charge in [0.15, 0.2) is 0 Å². The van der Waals surface area contributed by atoms with Gasteiger partial charge < -0.3 is 10.4 Å². The van der Waals surface area contributed by atoms with Gasteiger partial charge in [0.1, 0.15) is 0 Å². The van der Waals surface area contributed by atoms with E-state index in [1.165, 1.54) is 12.4 Å². The average molecular weight is 336 g/mol. The zero-order valence-corrected chi connectivity index (χ0v) is 13.7. The maximum Gasteiger partial charge on any atom is 0.0919 e. The summed E-state index contributed by atoms with van der Waals surface area (Å²) in [5.41, 5.74) is 3.02.